The average Bonchev–Trinajstić information content (AvgIpc) is 2.64. The third-order valence-corrected chi connectivity index (χ3v) is 5.21. The average molecular weight is 357 g/mol. The van der Waals surface area contributed by atoms with Gasteiger partial charge in [-0.1, -0.05) is 60.1 Å². The maximum Gasteiger partial charge on any atom is 0.227 e. The van der Waals surface area contributed by atoms with Crippen LogP contribution in [0.5, 0.6) is 0 Å². The number of nitrogens with zero attached hydrogens (tertiary/aromatic N) is 2. The van der Waals surface area contributed by atoms with Gasteiger partial charge in [0.2, 0.25) is 5.91 Å². The van der Waals surface area contributed by atoms with Crippen LogP contribution in [0.25, 0.3) is 0 Å². The van der Waals surface area contributed by atoms with Gasteiger partial charge in [-0.2, -0.15) is 0 Å². The Bertz CT molecular complexity index is 704. The van der Waals surface area contributed by atoms with E-state index in [9.17, 15) is 4.79 Å². The third kappa shape index (κ3) is 4.83. The molecule has 1 amide bonds. The minimum Gasteiger partial charge on any atom is -0.341 e. The fourth-order valence-corrected chi connectivity index (χ4v) is 3.71. The maximum atomic E-state index is 12.8. The summed E-state index contributed by atoms with van der Waals surface area (Å²) in [4.78, 5) is 17.1. The van der Waals surface area contributed by atoms with Gasteiger partial charge in [-0.3, -0.25) is 9.69 Å². The van der Waals surface area contributed by atoms with Crippen molar-refractivity contribution >= 4 is 17.5 Å². The van der Waals surface area contributed by atoms with Crippen molar-refractivity contribution in [2.75, 3.05) is 20.1 Å². The number of likely N-dealkylation sites (tertiary alicyclic amines) is 1. The second kappa shape index (κ2) is 8.50. The summed E-state index contributed by atoms with van der Waals surface area (Å²) in [6.45, 7) is 3.31. The number of hydrogen-bond acceptors (Lipinski definition) is 2. The molecule has 1 fully saturated rings. The molecule has 2 aromatic rings. The highest BCUT2D eigenvalue weighted by Gasteiger charge is 2.28. The van der Waals surface area contributed by atoms with Crippen molar-refractivity contribution in [1.29, 1.82) is 0 Å². The lowest BCUT2D eigenvalue weighted by molar-refractivity contribution is -0.136. The Morgan fingerprint density at radius 3 is 2.64 bits per heavy atom. The fraction of sp³-hybridized carbons (Fsp3) is 0.381. The molecule has 1 aliphatic heterocycles. The lowest BCUT2D eigenvalue weighted by atomic mass is 9.96. The topological polar surface area (TPSA) is 23.6 Å². The van der Waals surface area contributed by atoms with E-state index < -0.39 is 0 Å². The number of benzene rings is 2. The van der Waals surface area contributed by atoms with Crippen molar-refractivity contribution in [1.82, 2.24) is 9.80 Å². The maximum absolute atomic E-state index is 12.8. The van der Waals surface area contributed by atoms with Crippen LogP contribution in [-0.2, 0) is 17.9 Å². The van der Waals surface area contributed by atoms with Gasteiger partial charge in [0.1, 0.15) is 0 Å². The van der Waals surface area contributed by atoms with E-state index >= 15 is 0 Å². The Labute approximate surface area is 155 Å². The van der Waals surface area contributed by atoms with Crippen LogP contribution >= 0.6 is 11.6 Å². The molecule has 0 saturated carbocycles. The highest BCUT2D eigenvalue weighted by atomic mass is 35.5. The van der Waals surface area contributed by atoms with Crippen molar-refractivity contribution in [2.45, 2.75) is 25.9 Å². The summed E-state index contributed by atoms with van der Waals surface area (Å²) in [5.74, 6) is 0.317. The number of piperidine rings is 1. The zero-order chi connectivity index (χ0) is 17.6. The standard InChI is InChI=1S/C21H25ClN2O/c1-23(14-17-8-3-2-4-9-17)21(25)19-11-7-13-24(16-19)15-18-10-5-6-12-20(18)22/h2-6,8-10,12,19H,7,11,13-16H2,1H3/t19-/m1/s1. The molecule has 1 heterocycles. The summed E-state index contributed by atoms with van der Waals surface area (Å²) in [6, 6.07) is 18.1. The Balaban J connectivity index is 1.58. The Morgan fingerprint density at radius 2 is 1.88 bits per heavy atom. The molecular weight excluding hydrogens is 332 g/mol. The molecule has 0 radical (unpaired) electrons. The molecule has 1 aliphatic rings. The van der Waals surface area contributed by atoms with Gasteiger partial charge in [0.15, 0.2) is 0 Å². The van der Waals surface area contributed by atoms with Crippen molar-refractivity contribution < 1.29 is 4.79 Å². The molecule has 0 unspecified atom stereocenters. The van der Waals surface area contributed by atoms with Crippen LogP contribution in [0.15, 0.2) is 54.6 Å². The second-order valence-corrected chi connectivity index (χ2v) is 7.25. The summed E-state index contributed by atoms with van der Waals surface area (Å²) < 4.78 is 0. The molecule has 132 valence electrons. The predicted molar refractivity (Wildman–Crippen MR) is 102 cm³/mol. The first-order valence-electron chi connectivity index (χ1n) is 8.88. The summed E-state index contributed by atoms with van der Waals surface area (Å²) >= 11 is 6.28. The minimum absolute atomic E-state index is 0.0740. The summed E-state index contributed by atoms with van der Waals surface area (Å²) in [5, 5.41) is 0.803. The van der Waals surface area contributed by atoms with Crippen molar-refractivity contribution in [3.63, 3.8) is 0 Å². The van der Waals surface area contributed by atoms with E-state index in [-0.39, 0.29) is 11.8 Å². The molecule has 3 rings (SSSR count). The zero-order valence-electron chi connectivity index (χ0n) is 14.7. The lowest BCUT2D eigenvalue weighted by Crippen LogP contribution is -2.43. The third-order valence-electron chi connectivity index (χ3n) is 4.85. The lowest BCUT2D eigenvalue weighted by Gasteiger charge is -2.34. The quantitative estimate of drug-likeness (QED) is 0.801. The van der Waals surface area contributed by atoms with Crippen LogP contribution < -0.4 is 0 Å². The molecule has 0 bridgehead atoms. The first-order chi connectivity index (χ1) is 12.1. The van der Waals surface area contributed by atoms with E-state index in [1.54, 1.807) is 0 Å². The highest BCUT2D eigenvalue weighted by molar-refractivity contribution is 6.31. The van der Waals surface area contributed by atoms with Gasteiger partial charge in [-0.25, -0.2) is 0 Å². The number of carbonyl (C=O) groups excluding carboxylic acids is 1. The van der Waals surface area contributed by atoms with E-state index in [0.717, 1.165) is 43.1 Å². The zero-order valence-corrected chi connectivity index (χ0v) is 15.5. The second-order valence-electron chi connectivity index (χ2n) is 6.85. The molecule has 0 aromatic heterocycles. The Morgan fingerprint density at radius 1 is 1.16 bits per heavy atom. The largest absolute Gasteiger partial charge is 0.341 e. The first-order valence-corrected chi connectivity index (χ1v) is 9.26. The smallest absolute Gasteiger partial charge is 0.227 e. The molecular formula is C21H25ClN2O. The number of amides is 1. The van der Waals surface area contributed by atoms with E-state index in [4.69, 9.17) is 11.6 Å². The Kier molecular flexibility index (Phi) is 6.11. The van der Waals surface area contributed by atoms with Gasteiger partial charge in [0.25, 0.3) is 0 Å². The van der Waals surface area contributed by atoms with E-state index in [1.165, 1.54) is 5.56 Å². The van der Waals surface area contributed by atoms with Crippen molar-refractivity contribution in [2.24, 2.45) is 5.92 Å². The van der Waals surface area contributed by atoms with Crippen molar-refractivity contribution in [3.05, 3.63) is 70.7 Å². The number of carbonyl (C=O) groups is 1. The number of hydrogen-bond donors (Lipinski definition) is 0. The number of halogens is 1. The molecule has 0 N–H and O–H groups in total. The van der Waals surface area contributed by atoms with Crippen LogP contribution in [-0.4, -0.2) is 35.8 Å². The minimum atomic E-state index is 0.0740. The molecule has 0 spiro atoms. The highest BCUT2D eigenvalue weighted by Crippen LogP contribution is 2.23. The predicted octanol–water partition coefficient (Wildman–Crippen LogP) is 4.21. The van der Waals surface area contributed by atoms with Crippen LogP contribution in [0.1, 0.15) is 24.0 Å². The molecule has 25 heavy (non-hydrogen) atoms. The number of rotatable bonds is 5. The molecule has 3 nitrogen and oxygen atoms in total. The summed E-state index contributed by atoms with van der Waals surface area (Å²) in [7, 11) is 1.91. The SMILES string of the molecule is CN(Cc1ccccc1)C(=O)[C@@H]1CCCN(Cc2ccccc2Cl)C1. The molecule has 0 aliphatic carbocycles. The summed E-state index contributed by atoms with van der Waals surface area (Å²) in [5.41, 5.74) is 2.30. The van der Waals surface area contributed by atoms with Crippen LogP contribution in [0.4, 0.5) is 0 Å². The van der Waals surface area contributed by atoms with E-state index in [1.807, 2.05) is 48.3 Å². The van der Waals surface area contributed by atoms with Crippen LogP contribution in [0, 0.1) is 5.92 Å². The molecule has 1 atom stereocenters. The molecule has 1 saturated heterocycles. The first kappa shape index (κ1) is 18.0. The van der Waals surface area contributed by atoms with Crippen molar-refractivity contribution in [3.8, 4) is 0 Å². The van der Waals surface area contributed by atoms with Gasteiger partial charge in [0, 0.05) is 31.7 Å². The van der Waals surface area contributed by atoms with E-state index in [2.05, 4.69) is 23.1 Å². The Hall–Kier alpha value is -1.84. The van der Waals surface area contributed by atoms with Gasteiger partial charge in [0.05, 0.1) is 5.92 Å². The van der Waals surface area contributed by atoms with Crippen LogP contribution in [0.3, 0.4) is 0 Å². The van der Waals surface area contributed by atoms with Crippen LogP contribution in [0.2, 0.25) is 5.02 Å². The van der Waals surface area contributed by atoms with Gasteiger partial charge >= 0.3 is 0 Å². The summed E-state index contributed by atoms with van der Waals surface area (Å²) in [6.07, 6.45) is 2.02. The fourth-order valence-electron chi connectivity index (χ4n) is 3.52. The van der Waals surface area contributed by atoms with Gasteiger partial charge in [-0.15, -0.1) is 0 Å². The molecule has 4 heteroatoms. The normalized spacial score (nSPS) is 18.1. The molecule has 2 aromatic carbocycles. The van der Waals surface area contributed by atoms with Gasteiger partial charge < -0.3 is 4.90 Å². The monoisotopic (exact) mass is 356 g/mol. The van der Waals surface area contributed by atoms with Gasteiger partial charge in [-0.05, 0) is 36.6 Å². The van der Waals surface area contributed by atoms with E-state index in [0.29, 0.717) is 6.54 Å².